The Hall–Kier alpha value is -0.430. The average molecular weight is 517 g/mol. The molecule has 11 unspecified atom stereocenters. The van der Waals surface area contributed by atoms with Gasteiger partial charge in [0, 0.05) is 18.0 Å². The summed E-state index contributed by atoms with van der Waals surface area (Å²) in [7, 11) is -3.13. The third-order valence-corrected chi connectivity index (χ3v) is 14.1. The lowest BCUT2D eigenvalue weighted by Crippen LogP contribution is -2.50. The van der Waals surface area contributed by atoms with E-state index >= 15 is 0 Å². The quantitative estimate of drug-likeness (QED) is 0.497. The predicted octanol–water partition coefficient (Wildman–Crippen LogP) is 5.17. The van der Waals surface area contributed by atoms with Crippen LogP contribution in [0.3, 0.4) is 0 Å². The predicted molar refractivity (Wildman–Crippen MR) is 143 cm³/mol. The number of piperidine rings is 1. The molecule has 11 atom stereocenters. The van der Waals surface area contributed by atoms with Crippen molar-refractivity contribution >= 4 is 10.0 Å². The Labute approximate surface area is 219 Å². The molecule has 0 bridgehead atoms. The van der Waals surface area contributed by atoms with Crippen LogP contribution < -0.4 is 10.0 Å². The van der Waals surface area contributed by atoms with Gasteiger partial charge in [0.25, 0.3) is 0 Å². The summed E-state index contributed by atoms with van der Waals surface area (Å²) in [4.78, 5) is 0. The van der Waals surface area contributed by atoms with Crippen molar-refractivity contribution in [2.24, 2.45) is 39.9 Å². The van der Waals surface area contributed by atoms with Crippen molar-refractivity contribution in [3.63, 3.8) is 0 Å². The third kappa shape index (κ3) is 3.14. The second-order valence-electron chi connectivity index (χ2n) is 15.0. The maximum Gasteiger partial charge on any atom is 0.208 e. The molecule has 7 aliphatic rings. The van der Waals surface area contributed by atoms with E-state index in [9.17, 15) is 8.42 Å². The molecular weight excluding hydrogens is 468 g/mol. The van der Waals surface area contributed by atoms with E-state index in [0.29, 0.717) is 46.1 Å². The van der Waals surface area contributed by atoms with Crippen LogP contribution in [0, 0.1) is 39.9 Å². The molecule has 2 N–H and O–H groups in total. The second kappa shape index (κ2) is 7.61. The summed E-state index contributed by atoms with van der Waals surface area (Å²) in [6, 6.07) is 0.662. The highest BCUT2D eigenvalue weighted by molar-refractivity contribution is 7.88. The van der Waals surface area contributed by atoms with E-state index in [1.165, 1.54) is 57.6 Å². The van der Waals surface area contributed by atoms with E-state index in [0.717, 1.165) is 31.7 Å². The van der Waals surface area contributed by atoms with Crippen LogP contribution in [0.5, 0.6) is 0 Å². The van der Waals surface area contributed by atoms with Gasteiger partial charge in [0.15, 0.2) is 0 Å². The summed E-state index contributed by atoms with van der Waals surface area (Å²) >= 11 is 0. The van der Waals surface area contributed by atoms with Crippen LogP contribution in [0.15, 0.2) is 11.1 Å². The second-order valence-corrected chi connectivity index (χ2v) is 16.7. The van der Waals surface area contributed by atoms with Crippen molar-refractivity contribution in [1.82, 2.24) is 10.0 Å². The molecule has 202 valence electrons. The highest BCUT2D eigenvalue weighted by Gasteiger charge is 2.82. The van der Waals surface area contributed by atoms with Gasteiger partial charge in [0.1, 0.15) is 0 Å². The van der Waals surface area contributed by atoms with Crippen LogP contribution >= 0.6 is 0 Å². The lowest BCUT2D eigenvalue weighted by atomic mass is 9.51. The fraction of sp³-hybridized carbons (Fsp3) is 0.933. The molecule has 2 heterocycles. The van der Waals surface area contributed by atoms with E-state index in [4.69, 9.17) is 4.74 Å². The first-order chi connectivity index (χ1) is 16.9. The number of rotatable bonds is 2. The molecule has 5 nitrogen and oxygen atoms in total. The Kier molecular flexibility index (Phi) is 5.20. The van der Waals surface area contributed by atoms with Gasteiger partial charge in [-0.2, -0.15) is 0 Å². The minimum absolute atomic E-state index is 0.0263. The molecule has 0 amide bonds. The number of hydrogen-bond acceptors (Lipinski definition) is 4. The van der Waals surface area contributed by atoms with Gasteiger partial charge < -0.3 is 10.1 Å². The highest BCUT2D eigenvalue weighted by atomic mass is 32.2. The molecule has 7 rings (SSSR count). The van der Waals surface area contributed by atoms with E-state index in [-0.39, 0.29) is 11.6 Å². The maximum atomic E-state index is 11.9. The number of ether oxygens (including phenoxy) is 1. The molecule has 5 aliphatic carbocycles. The molecule has 36 heavy (non-hydrogen) atoms. The van der Waals surface area contributed by atoms with Gasteiger partial charge in [-0.25, -0.2) is 13.1 Å². The van der Waals surface area contributed by atoms with Gasteiger partial charge in [-0.15, -0.1) is 0 Å². The number of sulfonamides is 1. The fourth-order valence-electron chi connectivity index (χ4n) is 11.6. The van der Waals surface area contributed by atoms with Crippen molar-refractivity contribution < 1.29 is 13.2 Å². The topological polar surface area (TPSA) is 67.4 Å². The monoisotopic (exact) mass is 516 g/mol. The lowest BCUT2D eigenvalue weighted by Gasteiger charge is -2.54. The fourth-order valence-corrected chi connectivity index (χ4v) is 12.5. The van der Waals surface area contributed by atoms with E-state index in [1.54, 1.807) is 5.57 Å². The van der Waals surface area contributed by atoms with E-state index in [1.807, 2.05) is 5.57 Å². The van der Waals surface area contributed by atoms with Crippen molar-refractivity contribution in [3.05, 3.63) is 11.1 Å². The molecule has 6 heteroatoms. The third-order valence-electron chi connectivity index (χ3n) is 13.4. The number of allylic oxidation sites excluding steroid dienone is 1. The molecular formula is C30H48N2O3S. The first kappa shape index (κ1) is 24.6. The first-order valence-electron chi connectivity index (χ1n) is 15.0. The van der Waals surface area contributed by atoms with Gasteiger partial charge >= 0.3 is 0 Å². The van der Waals surface area contributed by atoms with Crippen molar-refractivity contribution in [1.29, 1.82) is 0 Å². The normalized spacial score (nSPS) is 55.9. The first-order valence-corrected chi connectivity index (χ1v) is 16.9. The largest absolute Gasteiger partial charge is 0.369 e. The van der Waals surface area contributed by atoms with Crippen molar-refractivity contribution in [3.8, 4) is 0 Å². The molecule has 0 aromatic heterocycles. The molecule has 4 saturated carbocycles. The van der Waals surface area contributed by atoms with Crippen LogP contribution in [0.1, 0.15) is 98.3 Å². The zero-order chi connectivity index (χ0) is 25.3. The summed E-state index contributed by atoms with van der Waals surface area (Å²) in [6.07, 6.45) is 15.2. The molecule has 0 radical (unpaired) electrons. The number of hydrogen-bond donors (Lipinski definition) is 2. The number of nitrogens with one attached hydrogen (secondary N) is 2. The van der Waals surface area contributed by atoms with Crippen LogP contribution in [0.4, 0.5) is 0 Å². The smallest absolute Gasteiger partial charge is 0.208 e. The summed E-state index contributed by atoms with van der Waals surface area (Å²) in [6.45, 7) is 11.0. The Balaban J connectivity index is 1.16. The van der Waals surface area contributed by atoms with E-state index in [2.05, 4.69) is 37.7 Å². The standard InChI is InChI=1S/C30H48N2O3S/c1-18-12-25-26(31-16-18)20(3)29(35-25)11-8-24-23(19(2)14-29)15-30-17-28(24,30)10-6-21-13-22(32-36(5,33)34)7-9-27(21,30)4/h18,20-22,24-26,31-32H,6-17H2,1-5H3. The Morgan fingerprint density at radius 1 is 1.06 bits per heavy atom. The van der Waals surface area contributed by atoms with Crippen LogP contribution in [-0.2, 0) is 14.8 Å². The summed E-state index contributed by atoms with van der Waals surface area (Å²) < 4.78 is 33.9. The van der Waals surface area contributed by atoms with Gasteiger partial charge in [-0.3, -0.25) is 0 Å². The maximum absolute atomic E-state index is 11.9. The van der Waals surface area contributed by atoms with Crippen LogP contribution in [-0.4, -0.2) is 45.0 Å². The SMILES string of the molecule is CC1=C2CC34CC3(CCC3CC(NS(C)(=O)=O)CCC34C)C2CCC2(C1)OC1CC(C)CNC1C2C. The van der Waals surface area contributed by atoms with E-state index < -0.39 is 10.0 Å². The minimum Gasteiger partial charge on any atom is -0.369 e. The average Bonchev–Trinajstić information content (AvgIpc) is 3.34. The highest BCUT2D eigenvalue weighted by Crippen LogP contribution is 2.90. The Bertz CT molecular complexity index is 1100. The lowest BCUT2D eigenvalue weighted by molar-refractivity contribution is -0.0746. The van der Waals surface area contributed by atoms with Gasteiger partial charge in [0.2, 0.25) is 10.0 Å². The van der Waals surface area contributed by atoms with Crippen molar-refractivity contribution in [2.75, 3.05) is 12.8 Å². The summed E-state index contributed by atoms with van der Waals surface area (Å²) in [5, 5.41) is 3.87. The van der Waals surface area contributed by atoms with Crippen molar-refractivity contribution in [2.45, 2.75) is 122 Å². The number of fused-ring (bicyclic) bond motifs is 3. The van der Waals surface area contributed by atoms with Gasteiger partial charge in [0.05, 0.1) is 18.0 Å². The zero-order valence-electron chi connectivity index (χ0n) is 23.2. The van der Waals surface area contributed by atoms with Gasteiger partial charge in [-0.05, 0) is 118 Å². The molecule has 0 aromatic carbocycles. The summed E-state index contributed by atoms with van der Waals surface area (Å²) in [5.74, 6) is 2.71. The molecule has 2 aliphatic heterocycles. The van der Waals surface area contributed by atoms with Crippen LogP contribution in [0.2, 0.25) is 0 Å². The summed E-state index contributed by atoms with van der Waals surface area (Å²) in [5.41, 5.74) is 4.86. The minimum atomic E-state index is -3.13. The Morgan fingerprint density at radius 3 is 2.64 bits per heavy atom. The molecule has 6 fully saturated rings. The van der Waals surface area contributed by atoms with Crippen LogP contribution in [0.25, 0.3) is 0 Å². The molecule has 0 aromatic rings. The zero-order valence-corrected chi connectivity index (χ0v) is 24.0. The Morgan fingerprint density at radius 2 is 1.86 bits per heavy atom. The van der Waals surface area contributed by atoms with Gasteiger partial charge in [-0.1, -0.05) is 31.9 Å². The molecule has 2 saturated heterocycles. The molecule has 1 spiro atoms.